The van der Waals surface area contributed by atoms with Crippen LogP contribution in [0.1, 0.15) is 25.7 Å². The van der Waals surface area contributed by atoms with Gasteiger partial charge in [0.05, 0.1) is 23.5 Å². The number of hydrogen-bond acceptors (Lipinski definition) is 3. The fourth-order valence-corrected chi connectivity index (χ4v) is 4.09. The summed E-state index contributed by atoms with van der Waals surface area (Å²) in [5, 5.41) is 0. The van der Waals surface area contributed by atoms with Crippen molar-refractivity contribution in [2.45, 2.75) is 50.4 Å². The van der Waals surface area contributed by atoms with Crippen molar-refractivity contribution >= 4 is 16.9 Å². The molecule has 5 nitrogen and oxygen atoms in total. The molecule has 0 N–H and O–H groups in total. The Hall–Kier alpha value is -1.88. The highest BCUT2D eigenvalue weighted by Crippen LogP contribution is 2.37. The Morgan fingerprint density at radius 3 is 2.73 bits per heavy atom. The second-order valence-corrected chi connectivity index (χ2v) is 6.38. The van der Waals surface area contributed by atoms with Gasteiger partial charge in [-0.05, 0) is 37.8 Å². The van der Waals surface area contributed by atoms with E-state index in [0.29, 0.717) is 24.7 Å². The van der Waals surface area contributed by atoms with Crippen LogP contribution in [-0.4, -0.2) is 45.7 Å². The lowest BCUT2D eigenvalue weighted by Crippen LogP contribution is -2.49. The molecule has 2 unspecified atom stereocenters. The Bertz CT molecular complexity index is 682. The number of nitrogens with zero attached hydrogens (tertiary/aromatic N) is 3. The van der Waals surface area contributed by atoms with Gasteiger partial charge < -0.3 is 14.2 Å². The zero-order chi connectivity index (χ0) is 15.1. The fraction of sp³-hybridized carbons (Fsp3) is 0.529. The van der Waals surface area contributed by atoms with Crippen LogP contribution < -0.4 is 0 Å². The summed E-state index contributed by atoms with van der Waals surface area (Å²) in [6.07, 6.45) is 6.26. The Kier molecular flexibility index (Phi) is 3.37. The zero-order valence-electron chi connectivity index (χ0n) is 12.8. The van der Waals surface area contributed by atoms with Crippen LogP contribution in [0.15, 0.2) is 30.6 Å². The molecular formula is C17H21N3O2. The van der Waals surface area contributed by atoms with Gasteiger partial charge >= 0.3 is 0 Å². The lowest BCUT2D eigenvalue weighted by Gasteiger charge is -2.38. The topological polar surface area (TPSA) is 47.4 Å². The number of amides is 1. The first-order chi connectivity index (χ1) is 10.8. The fourth-order valence-electron chi connectivity index (χ4n) is 4.09. The molecule has 0 spiro atoms. The van der Waals surface area contributed by atoms with Crippen molar-refractivity contribution < 1.29 is 9.53 Å². The minimum atomic E-state index is 0.213. The molecule has 2 aliphatic heterocycles. The Balaban J connectivity index is 1.53. The first kappa shape index (κ1) is 13.8. The quantitative estimate of drug-likeness (QED) is 0.873. The van der Waals surface area contributed by atoms with E-state index in [-0.39, 0.29) is 5.91 Å². The number of carbonyl (C=O) groups excluding carboxylic acids is 1. The van der Waals surface area contributed by atoms with Crippen LogP contribution in [0.2, 0.25) is 0 Å². The normalized spacial score (nSPS) is 27.5. The number of benzene rings is 1. The van der Waals surface area contributed by atoms with Gasteiger partial charge in [-0.15, -0.1) is 0 Å². The molecule has 1 aromatic heterocycles. The molecule has 2 aliphatic rings. The average Bonchev–Trinajstić information content (AvgIpc) is 3.06. The molecule has 4 rings (SSSR count). The molecule has 0 radical (unpaired) electrons. The number of para-hydroxylation sites is 2. The van der Waals surface area contributed by atoms with Gasteiger partial charge in [-0.3, -0.25) is 4.79 Å². The predicted octanol–water partition coefficient (Wildman–Crippen LogP) is 2.20. The summed E-state index contributed by atoms with van der Waals surface area (Å²) in [6.45, 7) is 0.380. The third kappa shape index (κ3) is 2.20. The Morgan fingerprint density at radius 1 is 1.27 bits per heavy atom. The molecule has 2 saturated heterocycles. The lowest BCUT2D eigenvalue weighted by atomic mass is 9.99. The van der Waals surface area contributed by atoms with Gasteiger partial charge in [0, 0.05) is 19.2 Å². The van der Waals surface area contributed by atoms with E-state index < -0.39 is 0 Å². The van der Waals surface area contributed by atoms with Crippen LogP contribution in [0.25, 0.3) is 11.0 Å². The summed E-state index contributed by atoms with van der Waals surface area (Å²) in [5.74, 6) is 0.213. The first-order valence-corrected chi connectivity index (χ1v) is 8.00. The van der Waals surface area contributed by atoms with Gasteiger partial charge in [-0.2, -0.15) is 0 Å². The highest BCUT2D eigenvalue weighted by molar-refractivity contribution is 5.81. The van der Waals surface area contributed by atoms with E-state index in [9.17, 15) is 4.79 Å². The van der Waals surface area contributed by atoms with Gasteiger partial charge in [-0.1, -0.05) is 12.1 Å². The van der Waals surface area contributed by atoms with Crippen LogP contribution in [-0.2, 0) is 16.1 Å². The van der Waals surface area contributed by atoms with Crippen molar-refractivity contribution in [3.63, 3.8) is 0 Å². The lowest BCUT2D eigenvalue weighted by molar-refractivity contribution is -0.138. The summed E-state index contributed by atoms with van der Waals surface area (Å²) >= 11 is 0. The number of piperidine rings is 1. The highest BCUT2D eigenvalue weighted by Gasteiger charge is 2.43. The number of fused-ring (bicyclic) bond motifs is 3. The maximum atomic E-state index is 12.8. The van der Waals surface area contributed by atoms with Gasteiger partial charge in [0.2, 0.25) is 5.91 Å². The van der Waals surface area contributed by atoms with E-state index in [4.69, 9.17) is 4.74 Å². The SMILES string of the molecule is COC1CC2CCC(C1)N2C(=O)Cn1cnc2ccccc21. The molecule has 2 atom stereocenters. The van der Waals surface area contributed by atoms with E-state index in [2.05, 4.69) is 9.88 Å². The third-order valence-electron chi connectivity index (χ3n) is 5.14. The van der Waals surface area contributed by atoms with Crippen molar-refractivity contribution in [2.75, 3.05) is 7.11 Å². The highest BCUT2D eigenvalue weighted by atomic mass is 16.5. The van der Waals surface area contributed by atoms with Gasteiger partial charge in [-0.25, -0.2) is 4.98 Å². The largest absolute Gasteiger partial charge is 0.381 e. The molecule has 2 fully saturated rings. The van der Waals surface area contributed by atoms with E-state index in [0.717, 1.165) is 36.7 Å². The molecule has 1 aromatic carbocycles. The zero-order valence-corrected chi connectivity index (χ0v) is 12.8. The number of methoxy groups -OCH3 is 1. The summed E-state index contributed by atoms with van der Waals surface area (Å²) in [4.78, 5) is 19.3. The summed E-state index contributed by atoms with van der Waals surface area (Å²) in [6, 6.07) is 8.65. The van der Waals surface area contributed by atoms with Gasteiger partial charge in [0.1, 0.15) is 6.54 Å². The standard InChI is InChI=1S/C17H21N3O2/c1-22-14-8-12-6-7-13(9-14)20(12)17(21)10-19-11-18-15-4-2-3-5-16(15)19/h2-5,11-14H,6-10H2,1H3. The molecular weight excluding hydrogens is 278 g/mol. The molecule has 1 amide bonds. The van der Waals surface area contributed by atoms with Gasteiger partial charge in [0.25, 0.3) is 0 Å². The number of imidazole rings is 1. The third-order valence-corrected chi connectivity index (χ3v) is 5.14. The van der Waals surface area contributed by atoms with E-state index in [1.807, 2.05) is 28.8 Å². The van der Waals surface area contributed by atoms with Crippen molar-refractivity contribution in [1.29, 1.82) is 0 Å². The molecule has 116 valence electrons. The minimum Gasteiger partial charge on any atom is -0.381 e. The molecule has 2 aromatic rings. The van der Waals surface area contributed by atoms with Gasteiger partial charge in [0.15, 0.2) is 0 Å². The van der Waals surface area contributed by atoms with Crippen molar-refractivity contribution in [1.82, 2.24) is 14.5 Å². The van der Waals surface area contributed by atoms with E-state index in [1.54, 1.807) is 13.4 Å². The molecule has 22 heavy (non-hydrogen) atoms. The molecule has 2 bridgehead atoms. The summed E-state index contributed by atoms with van der Waals surface area (Å²) in [5.41, 5.74) is 1.96. The van der Waals surface area contributed by atoms with Crippen LogP contribution >= 0.6 is 0 Å². The number of rotatable bonds is 3. The maximum absolute atomic E-state index is 12.8. The monoisotopic (exact) mass is 299 g/mol. The van der Waals surface area contributed by atoms with E-state index >= 15 is 0 Å². The molecule has 0 saturated carbocycles. The molecule has 0 aliphatic carbocycles. The second kappa shape index (κ2) is 5.39. The summed E-state index contributed by atoms with van der Waals surface area (Å²) in [7, 11) is 1.78. The molecule has 3 heterocycles. The smallest absolute Gasteiger partial charge is 0.243 e. The summed E-state index contributed by atoms with van der Waals surface area (Å²) < 4.78 is 7.47. The van der Waals surface area contributed by atoms with Crippen molar-refractivity contribution in [2.24, 2.45) is 0 Å². The number of hydrogen-bond donors (Lipinski definition) is 0. The van der Waals surface area contributed by atoms with Crippen LogP contribution in [0.4, 0.5) is 0 Å². The molecule has 5 heteroatoms. The number of aromatic nitrogens is 2. The minimum absolute atomic E-state index is 0.213. The van der Waals surface area contributed by atoms with Crippen LogP contribution in [0.5, 0.6) is 0 Å². The van der Waals surface area contributed by atoms with Crippen LogP contribution in [0, 0.1) is 0 Å². The predicted molar refractivity (Wildman–Crippen MR) is 83.4 cm³/mol. The van der Waals surface area contributed by atoms with Crippen LogP contribution in [0.3, 0.4) is 0 Å². The Morgan fingerprint density at radius 2 is 2.00 bits per heavy atom. The maximum Gasteiger partial charge on any atom is 0.243 e. The Labute approximate surface area is 129 Å². The van der Waals surface area contributed by atoms with Crippen molar-refractivity contribution in [3.8, 4) is 0 Å². The second-order valence-electron chi connectivity index (χ2n) is 6.38. The van der Waals surface area contributed by atoms with Crippen molar-refractivity contribution in [3.05, 3.63) is 30.6 Å². The van der Waals surface area contributed by atoms with E-state index in [1.165, 1.54) is 0 Å². The number of carbonyl (C=O) groups is 1. The first-order valence-electron chi connectivity index (χ1n) is 8.00. The average molecular weight is 299 g/mol. The number of ether oxygens (including phenoxy) is 1.